The zero-order valence-electron chi connectivity index (χ0n) is 16.7. The highest BCUT2D eigenvalue weighted by molar-refractivity contribution is 6.02. The van der Waals surface area contributed by atoms with Crippen molar-refractivity contribution in [2.24, 2.45) is 0 Å². The van der Waals surface area contributed by atoms with Crippen LogP contribution in [0.4, 0.5) is 5.82 Å². The minimum atomic E-state index is -0.335. The molecular weight excluding hydrogens is 376 g/mol. The van der Waals surface area contributed by atoms with Crippen LogP contribution < -0.4 is 5.32 Å². The fourth-order valence-corrected chi connectivity index (χ4v) is 4.12. The van der Waals surface area contributed by atoms with Crippen LogP contribution in [0.25, 0.3) is 11.3 Å². The van der Waals surface area contributed by atoms with Crippen molar-refractivity contribution in [2.45, 2.75) is 32.2 Å². The first kappa shape index (κ1) is 18.4. The molecule has 1 unspecified atom stereocenters. The first-order chi connectivity index (χ1) is 14.7. The highest BCUT2D eigenvalue weighted by Gasteiger charge is 2.26. The van der Waals surface area contributed by atoms with Crippen molar-refractivity contribution in [3.05, 3.63) is 89.3 Å². The molecule has 2 heterocycles. The van der Waals surface area contributed by atoms with E-state index in [4.69, 9.17) is 4.52 Å². The lowest BCUT2D eigenvalue weighted by atomic mass is 9.88. The fraction of sp³-hybridized carbons (Fsp3) is 0.208. The first-order valence-corrected chi connectivity index (χ1v) is 10.2. The van der Waals surface area contributed by atoms with Crippen LogP contribution >= 0.6 is 0 Å². The molecular formula is C24H22N4O2. The summed E-state index contributed by atoms with van der Waals surface area (Å²) in [5.74, 6) is 0.531. The number of carbonyl (C=O) groups is 1. The van der Waals surface area contributed by atoms with Crippen molar-refractivity contribution in [3.8, 4) is 11.3 Å². The van der Waals surface area contributed by atoms with Gasteiger partial charge in [-0.25, -0.2) is 4.68 Å². The maximum Gasteiger partial charge on any atom is 0.295 e. The minimum Gasteiger partial charge on any atom is -0.350 e. The van der Waals surface area contributed by atoms with Gasteiger partial charge in [0.2, 0.25) is 5.76 Å². The molecule has 0 spiro atoms. The number of rotatable bonds is 4. The molecule has 1 N–H and O–H groups in total. The number of anilines is 1. The zero-order chi connectivity index (χ0) is 20.5. The molecule has 0 bridgehead atoms. The summed E-state index contributed by atoms with van der Waals surface area (Å²) in [5, 5.41) is 11.6. The van der Waals surface area contributed by atoms with Crippen molar-refractivity contribution in [2.75, 3.05) is 5.32 Å². The van der Waals surface area contributed by atoms with E-state index in [-0.39, 0.29) is 17.7 Å². The van der Waals surface area contributed by atoms with Crippen LogP contribution in [-0.2, 0) is 6.42 Å². The summed E-state index contributed by atoms with van der Waals surface area (Å²) in [6.45, 7) is 1.95. The van der Waals surface area contributed by atoms with Gasteiger partial charge in [0.15, 0.2) is 0 Å². The average Bonchev–Trinajstić information content (AvgIpc) is 3.42. The van der Waals surface area contributed by atoms with Crippen molar-refractivity contribution in [1.82, 2.24) is 14.9 Å². The molecule has 0 radical (unpaired) electrons. The topological polar surface area (TPSA) is 73.0 Å². The van der Waals surface area contributed by atoms with Gasteiger partial charge in [-0.2, -0.15) is 5.10 Å². The summed E-state index contributed by atoms with van der Waals surface area (Å²) < 4.78 is 7.25. The molecule has 5 rings (SSSR count). The lowest BCUT2D eigenvalue weighted by Gasteiger charge is -2.27. The van der Waals surface area contributed by atoms with E-state index in [1.165, 1.54) is 11.1 Å². The highest BCUT2D eigenvalue weighted by Crippen LogP contribution is 2.35. The van der Waals surface area contributed by atoms with Crippen LogP contribution in [0, 0.1) is 6.92 Å². The normalized spacial score (nSPS) is 15.6. The molecule has 1 atom stereocenters. The number of hydrogen-bond donors (Lipinski definition) is 1. The minimum absolute atomic E-state index is 0.105. The Morgan fingerprint density at radius 2 is 1.93 bits per heavy atom. The third-order valence-corrected chi connectivity index (χ3v) is 5.65. The van der Waals surface area contributed by atoms with Crippen LogP contribution in [0.2, 0.25) is 0 Å². The number of nitrogens with zero attached hydrogens (tertiary/aromatic N) is 3. The van der Waals surface area contributed by atoms with E-state index in [2.05, 4.69) is 39.8 Å². The van der Waals surface area contributed by atoms with Crippen molar-refractivity contribution < 1.29 is 9.32 Å². The Bertz CT molecular complexity index is 1190. The molecule has 30 heavy (non-hydrogen) atoms. The van der Waals surface area contributed by atoms with Gasteiger partial charge < -0.3 is 9.84 Å². The van der Waals surface area contributed by atoms with Gasteiger partial charge in [0.25, 0.3) is 5.91 Å². The van der Waals surface area contributed by atoms with Crippen molar-refractivity contribution in [3.63, 3.8) is 0 Å². The first-order valence-electron chi connectivity index (χ1n) is 10.2. The number of carbonyl (C=O) groups excluding carboxylic acids is 1. The molecule has 6 heteroatoms. The van der Waals surface area contributed by atoms with Crippen LogP contribution in [0.15, 0.2) is 71.4 Å². The summed E-state index contributed by atoms with van der Waals surface area (Å²) in [5.41, 5.74) is 5.07. The number of aryl methyl sites for hydroxylation is 2. The molecule has 1 aliphatic carbocycles. The van der Waals surface area contributed by atoms with E-state index in [0.29, 0.717) is 11.5 Å². The fourth-order valence-electron chi connectivity index (χ4n) is 4.12. The van der Waals surface area contributed by atoms with Gasteiger partial charge in [-0.1, -0.05) is 59.8 Å². The Morgan fingerprint density at radius 1 is 1.13 bits per heavy atom. The Morgan fingerprint density at radius 3 is 2.80 bits per heavy atom. The Labute approximate surface area is 174 Å². The SMILES string of the molecule is Cc1cnn(C2CCCc3ccccc32)c1NC(=O)c1cc(-c2ccccc2)no1. The van der Waals surface area contributed by atoms with Crippen LogP contribution in [0.5, 0.6) is 0 Å². The number of aromatic nitrogens is 3. The van der Waals surface area contributed by atoms with Gasteiger partial charge >= 0.3 is 0 Å². The Hall–Kier alpha value is -3.67. The summed E-state index contributed by atoms with van der Waals surface area (Å²) >= 11 is 0. The van der Waals surface area contributed by atoms with Crippen molar-refractivity contribution in [1.29, 1.82) is 0 Å². The molecule has 6 nitrogen and oxygen atoms in total. The van der Waals surface area contributed by atoms with Crippen molar-refractivity contribution >= 4 is 11.7 Å². The van der Waals surface area contributed by atoms with Gasteiger partial charge in [0.1, 0.15) is 11.5 Å². The third kappa shape index (κ3) is 3.30. The lowest BCUT2D eigenvalue weighted by molar-refractivity contribution is 0.0986. The predicted molar refractivity (Wildman–Crippen MR) is 114 cm³/mol. The molecule has 1 amide bonds. The Kier molecular flexibility index (Phi) is 4.67. The monoisotopic (exact) mass is 398 g/mol. The third-order valence-electron chi connectivity index (χ3n) is 5.65. The molecule has 150 valence electrons. The van der Waals surface area contributed by atoms with E-state index in [0.717, 1.165) is 30.4 Å². The van der Waals surface area contributed by atoms with E-state index in [1.807, 2.05) is 41.9 Å². The maximum atomic E-state index is 12.9. The maximum absolute atomic E-state index is 12.9. The number of fused-ring (bicyclic) bond motifs is 1. The second-order valence-electron chi connectivity index (χ2n) is 7.62. The second-order valence-corrected chi connectivity index (χ2v) is 7.62. The summed E-state index contributed by atoms with van der Waals surface area (Å²) in [6.07, 6.45) is 4.95. The van der Waals surface area contributed by atoms with Crippen LogP contribution in [-0.4, -0.2) is 20.8 Å². The molecule has 0 saturated heterocycles. The number of hydrogen-bond acceptors (Lipinski definition) is 4. The number of nitrogens with one attached hydrogen (secondary N) is 1. The zero-order valence-corrected chi connectivity index (χ0v) is 16.7. The van der Waals surface area contributed by atoms with Gasteiger partial charge in [-0.05, 0) is 37.3 Å². The Balaban J connectivity index is 1.43. The van der Waals surface area contributed by atoms with Gasteiger partial charge in [-0.15, -0.1) is 0 Å². The molecule has 2 aromatic carbocycles. The van der Waals surface area contributed by atoms with Gasteiger partial charge in [0.05, 0.1) is 12.2 Å². The second kappa shape index (κ2) is 7.63. The number of amides is 1. The van der Waals surface area contributed by atoms with E-state index >= 15 is 0 Å². The average molecular weight is 398 g/mol. The van der Waals surface area contributed by atoms with Crippen LogP contribution in [0.3, 0.4) is 0 Å². The number of benzene rings is 2. The molecule has 2 aromatic heterocycles. The van der Waals surface area contributed by atoms with Gasteiger partial charge in [0, 0.05) is 17.2 Å². The highest BCUT2D eigenvalue weighted by atomic mass is 16.5. The van der Waals surface area contributed by atoms with E-state index in [1.54, 1.807) is 12.3 Å². The van der Waals surface area contributed by atoms with E-state index in [9.17, 15) is 4.79 Å². The standard InChI is InChI=1S/C24H22N4O2/c1-16-15-25-28(21-13-7-11-17-8-5-6-12-19(17)21)23(16)26-24(29)22-14-20(27-30-22)18-9-3-2-4-10-18/h2-6,8-10,12,14-15,21H,7,11,13H2,1H3,(H,26,29). The summed E-state index contributed by atoms with van der Waals surface area (Å²) in [4.78, 5) is 12.9. The molecule has 4 aromatic rings. The molecule has 0 saturated carbocycles. The molecule has 0 aliphatic heterocycles. The summed E-state index contributed by atoms with van der Waals surface area (Å²) in [7, 11) is 0. The van der Waals surface area contributed by atoms with Gasteiger partial charge in [-0.3, -0.25) is 4.79 Å². The quantitative estimate of drug-likeness (QED) is 0.524. The molecule has 0 fully saturated rings. The lowest BCUT2D eigenvalue weighted by Crippen LogP contribution is -2.22. The van der Waals surface area contributed by atoms with Crippen LogP contribution in [0.1, 0.15) is 46.1 Å². The smallest absolute Gasteiger partial charge is 0.295 e. The summed E-state index contributed by atoms with van der Waals surface area (Å²) in [6, 6.07) is 19.9. The molecule has 1 aliphatic rings. The predicted octanol–water partition coefficient (Wildman–Crippen LogP) is 5.02. The largest absolute Gasteiger partial charge is 0.350 e. The van der Waals surface area contributed by atoms with E-state index < -0.39 is 0 Å².